The van der Waals surface area contributed by atoms with E-state index in [1.807, 2.05) is 0 Å². The molecule has 2 rings (SSSR count). The van der Waals surface area contributed by atoms with Crippen molar-refractivity contribution >= 4 is 5.97 Å². The molecule has 2 aromatic rings. The lowest BCUT2D eigenvalue weighted by Crippen LogP contribution is -2.07. The van der Waals surface area contributed by atoms with Gasteiger partial charge in [0.05, 0.1) is 17.5 Å². The molecule has 0 bridgehead atoms. The van der Waals surface area contributed by atoms with Crippen molar-refractivity contribution in [3.05, 3.63) is 35.5 Å². The monoisotopic (exact) mass is 239 g/mol. The van der Waals surface area contributed by atoms with E-state index in [9.17, 15) is 13.6 Å². The maximum atomic E-state index is 13.6. The van der Waals surface area contributed by atoms with Crippen LogP contribution in [0, 0.1) is 11.6 Å². The number of hydrogen-bond donors (Lipinski definition) is 1. The Hall–Kier alpha value is -2.31. The zero-order valence-corrected chi connectivity index (χ0v) is 8.69. The fourth-order valence-corrected chi connectivity index (χ4v) is 1.53. The molecule has 0 aliphatic carbocycles. The van der Waals surface area contributed by atoms with Crippen LogP contribution in [0.4, 0.5) is 8.78 Å². The molecule has 0 unspecified atom stereocenters. The van der Waals surface area contributed by atoms with Crippen molar-refractivity contribution < 1.29 is 18.7 Å². The van der Waals surface area contributed by atoms with Crippen molar-refractivity contribution in [2.45, 2.75) is 0 Å². The SMILES string of the molecule is Cn1nncc1-c1c(F)ccc(F)c1C(=O)O. The molecule has 0 amide bonds. The van der Waals surface area contributed by atoms with E-state index in [0.29, 0.717) is 0 Å². The lowest BCUT2D eigenvalue weighted by molar-refractivity contribution is 0.0692. The summed E-state index contributed by atoms with van der Waals surface area (Å²) in [4.78, 5) is 10.9. The van der Waals surface area contributed by atoms with Crippen molar-refractivity contribution in [3.63, 3.8) is 0 Å². The summed E-state index contributed by atoms with van der Waals surface area (Å²) in [6, 6.07) is 1.64. The summed E-state index contributed by atoms with van der Waals surface area (Å²) in [5.41, 5.74) is -0.986. The van der Waals surface area contributed by atoms with Crippen LogP contribution in [0.15, 0.2) is 18.3 Å². The van der Waals surface area contributed by atoms with E-state index in [0.717, 1.165) is 12.1 Å². The third-order valence-electron chi connectivity index (χ3n) is 2.29. The molecule has 0 atom stereocenters. The van der Waals surface area contributed by atoms with Gasteiger partial charge < -0.3 is 5.11 Å². The second-order valence-electron chi connectivity index (χ2n) is 3.33. The van der Waals surface area contributed by atoms with E-state index < -0.39 is 23.2 Å². The number of carboxylic acids is 1. The zero-order valence-electron chi connectivity index (χ0n) is 8.69. The van der Waals surface area contributed by atoms with Gasteiger partial charge in [-0.3, -0.25) is 0 Å². The van der Waals surface area contributed by atoms with Crippen LogP contribution < -0.4 is 0 Å². The van der Waals surface area contributed by atoms with Crippen LogP contribution in [-0.2, 0) is 7.05 Å². The number of carboxylic acid groups (broad SMARTS) is 1. The predicted molar refractivity (Wildman–Crippen MR) is 53.3 cm³/mol. The van der Waals surface area contributed by atoms with E-state index >= 15 is 0 Å². The first-order valence-electron chi connectivity index (χ1n) is 4.58. The third kappa shape index (κ3) is 1.75. The second kappa shape index (κ2) is 3.93. The molecule has 0 saturated carbocycles. The lowest BCUT2D eigenvalue weighted by Gasteiger charge is -2.07. The summed E-state index contributed by atoms with van der Waals surface area (Å²) in [7, 11) is 1.46. The molecule has 0 aliphatic heterocycles. The van der Waals surface area contributed by atoms with E-state index in [-0.39, 0.29) is 11.3 Å². The van der Waals surface area contributed by atoms with Crippen LogP contribution in [-0.4, -0.2) is 26.1 Å². The van der Waals surface area contributed by atoms with Gasteiger partial charge in [-0.05, 0) is 12.1 Å². The van der Waals surface area contributed by atoms with Crippen molar-refractivity contribution in [1.29, 1.82) is 0 Å². The van der Waals surface area contributed by atoms with Gasteiger partial charge in [0, 0.05) is 7.05 Å². The quantitative estimate of drug-likeness (QED) is 0.861. The van der Waals surface area contributed by atoms with E-state index in [1.54, 1.807) is 0 Å². The van der Waals surface area contributed by atoms with E-state index in [2.05, 4.69) is 10.3 Å². The fourth-order valence-electron chi connectivity index (χ4n) is 1.53. The standard InChI is InChI=1S/C10H7F2N3O2/c1-15-7(4-13-14-15)8-5(11)2-3-6(12)9(8)10(16)17/h2-4H,1H3,(H,16,17). The minimum atomic E-state index is -1.54. The van der Waals surface area contributed by atoms with Gasteiger partial charge in [-0.15, -0.1) is 5.10 Å². The summed E-state index contributed by atoms with van der Waals surface area (Å²) >= 11 is 0. The van der Waals surface area contributed by atoms with Crippen LogP contribution in [0.3, 0.4) is 0 Å². The highest BCUT2D eigenvalue weighted by atomic mass is 19.1. The molecule has 0 fully saturated rings. The topological polar surface area (TPSA) is 68.0 Å². The Morgan fingerprint density at radius 2 is 2.00 bits per heavy atom. The first-order valence-corrected chi connectivity index (χ1v) is 4.58. The number of aryl methyl sites for hydroxylation is 1. The molecule has 88 valence electrons. The van der Waals surface area contributed by atoms with Gasteiger partial charge in [-0.25, -0.2) is 18.3 Å². The molecular formula is C10H7F2N3O2. The smallest absolute Gasteiger partial charge is 0.339 e. The minimum absolute atomic E-state index is 0.0967. The normalized spacial score (nSPS) is 10.5. The van der Waals surface area contributed by atoms with Crippen molar-refractivity contribution in [3.8, 4) is 11.3 Å². The number of nitrogens with zero attached hydrogens (tertiary/aromatic N) is 3. The van der Waals surface area contributed by atoms with Crippen LogP contribution in [0.2, 0.25) is 0 Å². The van der Waals surface area contributed by atoms with Crippen molar-refractivity contribution in [1.82, 2.24) is 15.0 Å². The lowest BCUT2D eigenvalue weighted by atomic mass is 10.0. The molecule has 1 aromatic heterocycles. The summed E-state index contributed by atoms with van der Waals surface area (Å²) in [6.45, 7) is 0. The average Bonchev–Trinajstić information content (AvgIpc) is 2.67. The molecule has 1 heterocycles. The number of carbonyl (C=O) groups is 1. The van der Waals surface area contributed by atoms with Crippen molar-refractivity contribution in [2.24, 2.45) is 7.05 Å². The molecule has 7 heteroatoms. The highest BCUT2D eigenvalue weighted by Crippen LogP contribution is 2.27. The maximum absolute atomic E-state index is 13.6. The first kappa shape index (κ1) is 11.2. The molecule has 1 N–H and O–H groups in total. The summed E-state index contributed by atoms with van der Waals surface area (Å²) in [6.07, 6.45) is 1.17. The molecule has 0 radical (unpaired) electrons. The van der Waals surface area contributed by atoms with Crippen molar-refractivity contribution in [2.75, 3.05) is 0 Å². The average molecular weight is 239 g/mol. The number of hydrogen-bond acceptors (Lipinski definition) is 3. The van der Waals surface area contributed by atoms with Crippen LogP contribution >= 0.6 is 0 Å². The maximum Gasteiger partial charge on any atom is 0.339 e. The second-order valence-corrected chi connectivity index (χ2v) is 3.33. The molecule has 17 heavy (non-hydrogen) atoms. The number of rotatable bonds is 2. The molecule has 1 aromatic carbocycles. The largest absolute Gasteiger partial charge is 0.478 e. The van der Waals surface area contributed by atoms with Gasteiger partial charge in [0.2, 0.25) is 0 Å². The number of benzene rings is 1. The number of aromatic nitrogens is 3. The summed E-state index contributed by atoms with van der Waals surface area (Å²) in [5.74, 6) is -3.39. The summed E-state index contributed by atoms with van der Waals surface area (Å²) in [5, 5.41) is 16.0. The van der Waals surface area contributed by atoms with E-state index in [4.69, 9.17) is 5.11 Å². The summed E-state index contributed by atoms with van der Waals surface area (Å²) < 4.78 is 28.2. The van der Waals surface area contributed by atoms with Crippen LogP contribution in [0.5, 0.6) is 0 Å². The van der Waals surface area contributed by atoms with Gasteiger partial charge >= 0.3 is 5.97 Å². The molecular weight excluding hydrogens is 232 g/mol. The van der Waals surface area contributed by atoms with Crippen LogP contribution in [0.1, 0.15) is 10.4 Å². The number of halogens is 2. The molecule has 0 aliphatic rings. The molecule has 0 saturated heterocycles. The predicted octanol–water partition coefficient (Wildman–Crippen LogP) is 1.46. The van der Waals surface area contributed by atoms with Crippen LogP contribution in [0.25, 0.3) is 11.3 Å². The molecule has 5 nitrogen and oxygen atoms in total. The van der Waals surface area contributed by atoms with Gasteiger partial charge in [-0.2, -0.15) is 0 Å². The minimum Gasteiger partial charge on any atom is -0.478 e. The fraction of sp³-hybridized carbons (Fsp3) is 0.100. The first-order chi connectivity index (χ1) is 8.02. The Morgan fingerprint density at radius 1 is 1.35 bits per heavy atom. The van der Waals surface area contributed by atoms with Gasteiger partial charge in [0.25, 0.3) is 0 Å². The highest BCUT2D eigenvalue weighted by Gasteiger charge is 2.23. The highest BCUT2D eigenvalue weighted by molar-refractivity contribution is 5.95. The Kier molecular flexibility index (Phi) is 2.58. The van der Waals surface area contributed by atoms with Gasteiger partial charge in [0.15, 0.2) is 0 Å². The third-order valence-corrected chi connectivity index (χ3v) is 2.29. The Balaban J connectivity index is 2.81. The van der Waals surface area contributed by atoms with Gasteiger partial charge in [-0.1, -0.05) is 5.21 Å². The zero-order chi connectivity index (χ0) is 12.6. The number of aromatic carboxylic acids is 1. The van der Waals surface area contributed by atoms with E-state index in [1.165, 1.54) is 17.9 Å². The Bertz CT molecular complexity index is 595. The Labute approximate surface area is 94.3 Å². The Morgan fingerprint density at radius 3 is 2.53 bits per heavy atom. The molecule has 0 spiro atoms. The van der Waals surface area contributed by atoms with Gasteiger partial charge in [0.1, 0.15) is 17.2 Å².